The first-order chi connectivity index (χ1) is 5.27. The van der Waals surface area contributed by atoms with Gasteiger partial charge in [-0.1, -0.05) is 29.5 Å². The number of ether oxygens (including phenoxy) is 1. The van der Waals surface area contributed by atoms with Crippen molar-refractivity contribution in [1.82, 2.24) is 4.90 Å². The van der Waals surface area contributed by atoms with E-state index in [9.17, 15) is 0 Å². The first kappa shape index (κ1) is 9.74. The normalized spacial score (nSPS) is 29.2. The van der Waals surface area contributed by atoms with Crippen LogP contribution < -0.4 is 0 Å². The Balaban J connectivity index is 2.29. The molecule has 0 aromatic carbocycles. The lowest BCUT2D eigenvalue weighted by Gasteiger charge is -2.20. The SMILES string of the molecule is CCC(I)N1CC[C@H](OC)C1. The largest absolute Gasteiger partial charge is 0.380 e. The first-order valence-corrected chi connectivity index (χ1v) is 5.43. The van der Waals surface area contributed by atoms with E-state index in [-0.39, 0.29) is 0 Å². The Hall–Kier alpha value is 0.650. The number of rotatable bonds is 3. The minimum atomic E-state index is 0.485. The Morgan fingerprint density at radius 2 is 2.45 bits per heavy atom. The van der Waals surface area contributed by atoms with Gasteiger partial charge in [-0.2, -0.15) is 0 Å². The highest BCUT2D eigenvalue weighted by Gasteiger charge is 2.25. The lowest BCUT2D eigenvalue weighted by Crippen LogP contribution is -2.29. The molecule has 1 aliphatic rings. The van der Waals surface area contributed by atoms with Crippen LogP contribution in [0.15, 0.2) is 0 Å². The van der Waals surface area contributed by atoms with Crippen LogP contribution in [0.5, 0.6) is 0 Å². The van der Waals surface area contributed by atoms with Crippen LogP contribution in [0.25, 0.3) is 0 Å². The Morgan fingerprint density at radius 1 is 1.73 bits per heavy atom. The van der Waals surface area contributed by atoms with E-state index in [0.717, 1.165) is 6.54 Å². The van der Waals surface area contributed by atoms with Gasteiger partial charge in [0, 0.05) is 20.2 Å². The molecule has 2 nitrogen and oxygen atoms in total. The molecule has 0 spiro atoms. The third-order valence-corrected chi connectivity index (χ3v) is 3.91. The molecule has 0 saturated carbocycles. The number of hydrogen-bond donors (Lipinski definition) is 0. The number of likely N-dealkylation sites (tertiary alicyclic amines) is 1. The van der Waals surface area contributed by atoms with Crippen molar-refractivity contribution in [3.8, 4) is 0 Å². The maximum atomic E-state index is 5.29. The molecule has 1 saturated heterocycles. The Kier molecular flexibility index (Phi) is 4.09. The van der Waals surface area contributed by atoms with Crippen molar-refractivity contribution in [2.75, 3.05) is 20.2 Å². The van der Waals surface area contributed by atoms with Gasteiger partial charge in [0.05, 0.1) is 10.2 Å². The summed E-state index contributed by atoms with van der Waals surface area (Å²) in [6.45, 7) is 4.56. The van der Waals surface area contributed by atoms with Crippen LogP contribution >= 0.6 is 22.6 Å². The summed E-state index contributed by atoms with van der Waals surface area (Å²) < 4.78 is 5.99. The summed E-state index contributed by atoms with van der Waals surface area (Å²) in [7, 11) is 1.81. The van der Waals surface area contributed by atoms with Crippen LogP contribution in [0.3, 0.4) is 0 Å². The fourth-order valence-corrected chi connectivity index (χ4v) is 1.96. The van der Waals surface area contributed by atoms with E-state index < -0.39 is 0 Å². The molecule has 11 heavy (non-hydrogen) atoms. The van der Waals surface area contributed by atoms with Crippen LogP contribution in [0.2, 0.25) is 0 Å². The van der Waals surface area contributed by atoms with E-state index in [4.69, 9.17) is 4.74 Å². The molecule has 0 bridgehead atoms. The van der Waals surface area contributed by atoms with Gasteiger partial charge in [-0.25, -0.2) is 0 Å². The van der Waals surface area contributed by atoms with E-state index in [1.807, 2.05) is 7.11 Å². The highest BCUT2D eigenvalue weighted by molar-refractivity contribution is 14.1. The molecule has 3 heteroatoms. The zero-order chi connectivity index (χ0) is 8.27. The van der Waals surface area contributed by atoms with Gasteiger partial charge in [0.25, 0.3) is 0 Å². The molecule has 0 radical (unpaired) electrons. The lowest BCUT2D eigenvalue weighted by molar-refractivity contribution is 0.107. The van der Waals surface area contributed by atoms with Crippen molar-refractivity contribution in [3.05, 3.63) is 0 Å². The standard InChI is InChI=1S/C8H16INO/c1-3-8(9)10-5-4-7(6-10)11-2/h7-8H,3-6H2,1-2H3/t7-,8?/m0/s1. The summed E-state index contributed by atoms with van der Waals surface area (Å²) in [5, 5.41) is 0. The molecule has 0 amide bonds. The molecule has 66 valence electrons. The zero-order valence-corrected chi connectivity index (χ0v) is 9.37. The minimum absolute atomic E-state index is 0.485. The van der Waals surface area contributed by atoms with Crippen molar-refractivity contribution in [3.63, 3.8) is 0 Å². The number of halogens is 1. The summed E-state index contributed by atoms with van der Waals surface area (Å²) in [6.07, 6.45) is 2.92. The second-order valence-corrected chi connectivity index (χ2v) is 4.42. The van der Waals surface area contributed by atoms with E-state index in [1.54, 1.807) is 0 Å². The van der Waals surface area contributed by atoms with Crippen LogP contribution in [-0.2, 0) is 4.74 Å². The lowest BCUT2D eigenvalue weighted by atomic mass is 10.3. The molecule has 1 fully saturated rings. The third kappa shape index (κ3) is 2.56. The number of alkyl halides is 1. The summed E-state index contributed by atoms with van der Waals surface area (Å²) in [6, 6.07) is 0. The molecular weight excluding hydrogens is 253 g/mol. The van der Waals surface area contributed by atoms with Gasteiger partial charge in [0.2, 0.25) is 0 Å². The van der Waals surface area contributed by atoms with Gasteiger partial charge < -0.3 is 4.74 Å². The molecule has 1 heterocycles. The maximum Gasteiger partial charge on any atom is 0.0710 e. The monoisotopic (exact) mass is 269 g/mol. The van der Waals surface area contributed by atoms with Gasteiger partial charge in [-0.05, 0) is 12.8 Å². The van der Waals surface area contributed by atoms with Gasteiger partial charge in [0.1, 0.15) is 0 Å². The summed E-state index contributed by atoms with van der Waals surface area (Å²) in [4.78, 5) is 2.49. The predicted octanol–water partition coefficient (Wildman–Crippen LogP) is 1.88. The molecule has 2 atom stereocenters. The average Bonchev–Trinajstić information content (AvgIpc) is 2.50. The van der Waals surface area contributed by atoms with Crippen molar-refractivity contribution in [2.24, 2.45) is 0 Å². The number of methoxy groups -OCH3 is 1. The Bertz CT molecular complexity index is 121. The fourth-order valence-electron chi connectivity index (χ4n) is 1.46. The van der Waals surface area contributed by atoms with Crippen LogP contribution in [0.1, 0.15) is 19.8 Å². The number of hydrogen-bond acceptors (Lipinski definition) is 2. The molecule has 0 N–H and O–H groups in total. The smallest absolute Gasteiger partial charge is 0.0710 e. The fraction of sp³-hybridized carbons (Fsp3) is 1.00. The molecule has 1 unspecified atom stereocenters. The molecule has 1 rings (SSSR count). The highest BCUT2D eigenvalue weighted by atomic mass is 127. The molecule has 0 aromatic heterocycles. The zero-order valence-electron chi connectivity index (χ0n) is 7.22. The van der Waals surface area contributed by atoms with E-state index in [0.29, 0.717) is 10.2 Å². The third-order valence-electron chi connectivity index (χ3n) is 2.24. The molecule has 1 aliphatic heterocycles. The summed E-state index contributed by atoms with van der Waals surface area (Å²) in [5.74, 6) is 0. The van der Waals surface area contributed by atoms with Crippen molar-refractivity contribution in [2.45, 2.75) is 29.9 Å². The maximum absolute atomic E-state index is 5.29. The van der Waals surface area contributed by atoms with Crippen molar-refractivity contribution >= 4 is 22.6 Å². The van der Waals surface area contributed by atoms with Crippen LogP contribution in [0, 0.1) is 0 Å². The quantitative estimate of drug-likeness (QED) is 0.440. The predicted molar refractivity (Wildman–Crippen MR) is 55.1 cm³/mol. The van der Waals surface area contributed by atoms with Crippen molar-refractivity contribution in [1.29, 1.82) is 0 Å². The summed E-state index contributed by atoms with van der Waals surface area (Å²) in [5.41, 5.74) is 0. The van der Waals surface area contributed by atoms with Crippen LogP contribution in [-0.4, -0.2) is 35.3 Å². The van der Waals surface area contributed by atoms with E-state index in [2.05, 4.69) is 34.4 Å². The van der Waals surface area contributed by atoms with Gasteiger partial charge in [-0.15, -0.1) is 0 Å². The Labute approximate surface area is 82.4 Å². The summed E-state index contributed by atoms with van der Waals surface area (Å²) >= 11 is 2.50. The Morgan fingerprint density at radius 3 is 2.91 bits per heavy atom. The first-order valence-electron chi connectivity index (χ1n) is 4.18. The van der Waals surface area contributed by atoms with E-state index >= 15 is 0 Å². The van der Waals surface area contributed by atoms with Gasteiger partial charge in [0.15, 0.2) is 0 Å². The second kappa shape index (κ2) is 4.62. The van der Waals surface area contributed by atoms with Crippen molar-refractivity contribution < 1.29 is 4.74 Å². The number of nitrogens with zero attached hydrogens (tertiary/aromatic N) is 1. The minimum Gasteiger partial charge on any atom is -0.380 e. The van der Waals surface area contributed by atoms with Gasteiger partial charge in [-0.3, -0.25) is 4.90 Å². The van der Waals surface area contributed by atoms with Crippen LogP contribution in [0.4, 0.5) is 0 Å². The highest BCUT2D eigenvalue weighted by Crippen LogP contribution is 2.20. The van der Waals surface area contributed by atoms with Gasteiger partial charge >= 0.3 is 0 Å². The topological polar surface area (TPSA) is 12.5 Å². The van der Waals surface area contributed by atoms with E-state index in [1.165, 1.54) is 19.4 Å². The molecule has 0 aromatic rings. The second-order valence-electron chi connectivity index (χ2n) is 2.98. The average molecular weight is 269 g/mol. The molecule has 0 aliphatic carbocycles. The molecular formula is C8H16INO.